The first-order valence-electron chi connectivity index (χ1n) is 9.52. The SMILES string of the molecule is COC(O)Nc1ccc(Nc2cc(-c3ccc(-c4cnn(C)c4)cc3)[nH]n2)c(C)c1. The maximum absolute atomic E-state index is 9.53. The number of aryl methyl sites for hydroxylation is 2. The van der Waals surface area contributed by atoms with Crippen LogP contribution in [0.4, 0.5) is 17.2 Å². The Morgan fingerprint density at radius 1 is 1.07 bits per heavy atom. The molecule has 0 aliphatic rings. The maximum Gasteiger partial charge on any atom is 0.235 e. The van der Waals surface area contributed by atoms with Crippen molar-refractivity contribution in [2.45, 2.75) is 13.3 Å². The monoisotopic (exact) mass is 404 g/mol. The number of ether oxygens (including phenoxy) is 1. The molecule has 154 valence electrons. The Morgan fingerprint density at radius 3 is 2.50 bits per heavy atom. The van der Waals surface area contributed by atoms with Gasteiger partial charge < -0.3 is 20.5 Å². The zero-order valence-electron chi connectivity index (χ0n) is 17.0. The number of nitrogens with one attached hydrogen (secondary N) is 3. The number of methoxy groups -OCH3 is 1. The molecule has 30 heavy (non-hydrogen) atoms. The lowest BCUT2D eigenvalue weighted by molar-refractivity contribution is -0.0509. The molecule has 0 radical (unpaired) electrons. The molecule has 4 N–H and O–H groups in total. The fraction of sp³-hybridized carbons (Fsp3) is 0.182. The van der Waals surface area contributed by atoms with Crippen LogP contribution in [0, 0.1) is 6.92 Å². The van der Waals surface area contributed by atoms with Gasteiger partial charge in [-0.2, -0.15) is 10.2 Å². The molecule has 2 heterocycles. The number of hydrogen-bond donors (Lipinski definition) is 4. The summed E-state index contributed by atoms with van der Waals surface area (Å²) in [6.45, 7) is 1.98. The van der Waals surface area contributed by atoms with Gasteiger partial charge in [0.1, 0.15) is 0 Å². The summed E-state index contributed by atoms with van der Waals surface area (Å²) >= 11 is 0. The smallest absolute Gasteiger partial charge is 0.235 e. The van der Waals surface area contributed by atoms with Crippen LogP contribution in [0.3, 0.4) is 0 Å². The predicted octanol–water partition coefficient (Wildman–Crippen LogP) is 3.86. The molecule has 8 heteroatoms. The van der Waals surface area contributed by atoms with E-state index < -0.39 is 6.41 Å². The third-order valence-electron chi connectivity index (χ3n) is 4.81. The zero-order valence-corrected chi connectivity index (χ0v) is 17.0. The van der Waals surface area contributed by atoms with Gasteiger partial charge in [-0.15, -0.1) is 0 Å². The quantitative estimate of drug-likeness (QED) is 0.349. The average molecular weight is 404 g/mol. The summed E-state index contributed by atoms with van der Waals surface area (Å²) in [4.78, 5) is 0. The van der Waals surface area contributed by atoms with Crippen molar-refractivity contribution in [2.24, 2.45) is 7.05 Å². The van der Waals surface area contributed by atoms with Gasteiger partial charge in [-0.1, -0.05) is 24.3 Å². The van der Waals surface area contributed by atoms with Gasteiger partial charge in [-0.25, -0.2) is 0 Å². The van der Waals surface area contributed by atoms with Crippen molar-refractivity contribution in [3.8, 4) is 22.4 Å². The second-order valence-corrected chi connectivity index (χ2v) is 7.03. The number of nitrogens with zero attached hydrogens (tertiary/aromatic N) is 3. The highest BCUT2D eigenvalue weighted by Gasteiger charge is 2.08. The van der Waals surface area contributed by atoms with Crippen LogP contribution < -0.4 is 10.6 Å². The van der Waals surface area contributed by atoms with Crippen molar-refractivity contribution in [1.82, 2.24) is 20.0 Å². The van der Waals surface area contributed by atoms with Crippen LogP contribution >= 0.6 is 0 Å². The second-order valence-electron chi connectivity index (χ2n) is 7.03. The summed E-state index contributed by atoms with van der Waals surface area (Å²) in [5.41, 5.74) is 6.88. The third-order valence-corrected chi connectivity index (χ3v) is 4.81. The van der Waals surface area contributed by atoms with Crippen LogP contribution in [-0.4, -0.2) is 38.6 Å². The van der Waals surface area contributed by atoms with Crippen molar-refractivity contribution >= 4 is 17.2 Å². The largest absolute Gasteiger partial charge is 0.351 e. The first-order valence-corrected chi connectivity index (χ1v) is 9.52. The van der Waals surface area contributed by atoms with Gasteiger partial charge in [-0.3, -0.25) is 9.78 Å². The molecule has 1 atom stereocenters. The fourth-order valence-corrected chi connectivity index (χ4v) is 3.18. The molecule has 0 fully saturated rings. The first kappa shape index (κ1) is 19.7. The normalized spacial score (nSPS) is 12.0. The minimum atomic E-state index is -1.04. The molecule has 0 saturated carbocycles. The van der Waals surface area contributed by atoms with Crippen LogP contribution in [0.2, 0.25) is 0 Å². The summed E-state index contributed by atoms with van der Waals surface area (Å²) in [5.74, 6) is 0.724. The molecule has 0 amide bonds. The Bertz CT molecular complexity index is 1130. The summed E-state index contributed by atoms with van der Waals surface area (Å²) in [6, 6.07) is 16.0. The number of rotatable bonds is 7. The van der Waals surface area contributed by atoms with E-state index in [0.717, 1.165) is 45.1 Å². The second kappa shape index (κ2) is 8.40. The molecule has 4 rings (SSSR count). The van der Waals surface area contributed by atoms with E-state index >= 15 is 0 Å². The first-order chi connectivity index (χ1) is 14.5. The van der Waals surface area contributed by atoms with E-state index in [2.05, 4.69) is 50.2 Å². The number of hydrogen-bond acceptors (Lipinski definition) is 6. The predicted molar refractivity (Wildman–Crippen MR) is 117 cm³/mol. The van der Waals surface area contributed by atoms with Crippen LogP contribution in [0.25, 0.3) is 22.4 Å². The Hall–Kier alpha value is -3.62. The van der Waals surface area contributed by atoms with Crippen molar-refractivity contribution in [3.63, 3.8) is 0 Å². The van der Waals surface area contributed by atoms with Crippen LogP contribution in [0.5, 0.6) is 0 Å². The van der Waals surface area contributed by atoms with Crippen molar-refractivity contribution in [2.75, 3.05) is 17.7 Å². The van der Waals surface area contributed by atoms with Gasteiger partial charge >= 0.3 is 0 Å². The Labute approximate surface area is 174 Å². The molecular formula is C22H24N6O2. The average Bonchev–Trinajstić information content (AvgIpc) is 3.39. The highest BCUT2D eigenvalue weighted by molar-refractivity contribution is 5.71. The van der Waals surface area contributed by atoms with Gasteiger partial charge in [-0.05, 0) is 41.8 Å². The Balaban J connectivity index is 1.46. The summed E-state index contributed by atoms with van der Waals surface area (Å²) in [5, 5.41) is 27.4. The van der Waals surface area contributed by atoms with Gasteiger partial charge in [0.05, 0.1) is 11.9 Å². The minimum absolute atomic E-state index is 0.724. The van der Waals surface area contributed by atoms with E-state index in [1.807, 2.05) is 50.6 Å². The minimum Gasteiger partial charge on any atom is -0.351 e. The number of aromatic nitrogens is 4. The van der Waals surface area contributed by atoms with E-state index in [0.29, 0.717) is 0 Å². The molecule has 0 saturated heterocycles. The lowest BCUT2D eigenvalue weighted by Crippen LogP contribution is -2.20. The van der Waals surface area contributed by atoms with E-state index in [4.69, 9.17) is 4.74 Å². The highest BCUT2D eigenvalue weighted by atomic mass is 16.6. The van der Waals surface area contributed by atoms with E-state index in [9.17, 15) is 5.11 Å². The number of H-pyrrole nitrogens is 1. The fourth-order valence-electron chi connectivity index (χ4n) is 3.18. The Morgan fingerprint density at radius 2 is 1.83 bits per heavy atom. The summed E-state index contributed by atoms with van der Waals surface area (Å²) in [7, 11) is 3.34. The molecule has 2 aromatic carbocycles. The van der Waals surface area contributed by atoms with Gasteiger partial charge in [0.15, 0.2) is 5.82 Å². The highest BCUT2D eigenvalue weighted by Crippen LogP contribution is 2.27. The molecular weight excluding hydrogens is 380 g/mol. The number of aliphatic hydroxyl groups is 1. The third kappa shape index (κ3) is 4.35. The zero-order chi connectivity index (χ0) is 21.1. The molecule has 0 bridgehead atoms. The van der Waals surface area contributed by atoms with Crippen molar-refractivity contribution in [3.05, 3.63) is 66.5 Å². The maximum atomic E-state index is 9.53. The van der Waals surface area contributed by atoms with Crippen molar-refractivity contribution in [1.29, 1.82) is 0 Å². The standard InChI is InChI=1S/C22H24N6O2/c1-14-10-18(24-22(29)30-3)8-9-19(14)25-21-11-20(26-27-21)16-6-4-15(5-7-16)17-12-23-28(2)13-17/h4-13,22,24,29H,1-3H3,(H2,25,26,27). The van der Waals surface area contributed by atoms with Crippen LogP contribution in [0.1, 0.15) is 5.56 Å². The van der Waals surface area contributed by atoms with Crippen molar-refractivity contribution < 1.29 is 9.84 Å². The van der Waals surface area contributed by atoms with E-state index in [-0.39, 0.29) is 0 Å². The van der Waals surface area contributed by atoms with Crippen LogP contribution in [0.15, 0.2) is 60.9 Å². The Kier molecular flexibility index (Phi) is 5.51. The number of aliphatic hydroxyl groups excluding tert-OH is 1. The summed E-state index contributed by atoms with van der Waals surface area (Å²) in [6.07, 6.45) is 2.81. The lowest BCUT2D eigenvalue weighted by Gasteiger charge is -2.14. The van der Waals surface area contributed by atoms with Crippen LogP contribution in [-0.2, 0) is 11.8 Å². The lowest BCUT2D eigenvalue weighted by atomic mass is 10.1. The molecule has 1 unspecified atom stereocenters. The molecule has 2 aromatic heterocycles. The topological polar surface area (TPSA) is 100 Å². The molecule has 4 aromatic rings. The number of benzene rings is 2. The molecule has 0 spiro atoms. The number of aromatic amines is 1. The van der Waals surface area contributed by atoms with E-state index in [1.165, 1.54) is 7.11 Å². The van der Waals surface area contributed by atoms with Gasteiger partial charge in [0.25, 0.3) is 0 Å². The van der Waals surface area contributed by atoms with E-state index in [1.54, 1.807) is 4.68 Å². The molecule has 8 nitrogen and oxygen atoms in total. The summed E-state index contributed by atoms with van der Waals surface area (Å²) < 4.78 is 6.60. The molecule has 0 aliphatic carbocycles. The number of anilines is 3. The van der Waals surface area contributed by atoms with Gasteiger partial charge in [0, 0.05) is 43.4 Å². The van der Waals surface area contributed by atoms with Gasteiger partial charge in [0.2, 0.25) is 6.41 Å². The molecule has 0 aliphatic heterocycles.